The predicted octanol–water partition coefficient (Wildman–Crippen LogP) is 0.135. The fourth-order valence-electron chi connectivity index (χ4n) is 2.13. The van der Waals surface area contributed by atoms with Gasteiger partial charge in [-0.1, -0.05) is 6.07 Å². The van der Waals surface area contributed by atoms with E-state index in [1.54, 1.807) is 25.1 Å². The third-order valence-electron chi connectivity index (χ3n) is 3.34. The summed E-state index contributed by atoms with van der Waals surface area (Å²) in [6.07, 6.45) is 1.21. The van der Waals surface area contributed by atoms with Gasteiger partial charge >= 0.3 is 0 Å². The molecule has 134 valence electrons. The van der Waals surface area contributed by atoms with Crippen molar-refractivity contribution < 1.29 is 18.0 Å². The highest BCUT2D eigenvalue weighted by atomic mass is 32.2. The Labute approximate surface area is 145 Å². The Hall–Kier alpha value is -2.72. The monoisotopic (exact) mass is 365 g/mol. The quantitative estimate of drug-likeness (QED) is 0.641. The molecule has 0 saturated carbocycles. The molecule has 10 heteroatoms. The number of pyridine rings is 1. The second kappa shape index (κ2) is 7.45. The Balaban J connectivity index is 1.93. The van der Waals surface area contributed by atoms with Gasteiger partial charge in [0.1, 0.15) is 16.4 Å². The highest BCUT2D eigenvalue weighted by Gasteiger charge is 2.19. The van der Waals surface area contributed by atoms with Crippen molar-refractivity contribution in [1.82, 2.24) is 14.3 Å². The van der Waals surface area contributed by atoms with Crippen LogP contribution in [0.15, 0.2) is 35.4 Å². The van der Waals surface area contributed by atoms with Crippen LogP contribution in [0.25, 0.3) is 0 Å². The van der Waals surface area contributed by atoms with Gasteiger partial charge in [-0.3, -0.25) is 9.59 Å². The van der Waals surface area contributed by atoms with Gasteiger partial charge in [-0.2, -0.15) is 0 Å². The molecule has 2 aromatic heterocycles. The minimum absolute atomic E-state index is 0.0651. The van der Waals surface area contributed by atoms with E-state index >= 15 is 0 Å². The summed E-state index contributed by atoms with van der Waals surface area (Å²) in [5.41, 5.74) is 5.99. The Morgan fingerprint density at radius 3 is 2.64 bits per heavy atom. The minimum Gasteiger partial charge on any atom is -0.364 e. The van der Waals surface area contributed by atoms with Crippen molar-refractivity contribution in [2.75, 3.05) is 11.9 Å². The Kier molecular flexibility index (Phi) is 5.55. The number of nitrogens with one attached hydrogen (secondary N) is 2. The zero-order chi connectivity index (χ0) is 18.6. The number of aromatic nitrogens is 2. The molecule has 0 aliphatic carbocycles. The molecule has 2 rings (SSSR count). The van der Waals surface area contributed by atoms with E-state index in [0.29, 0.717) is 5.82 Å². The fraction of sp³-hybridized carbons (Fsp3) is 0.267. The Morgan fingerprint density at radius 1 is 1.32 bits per heavy atom. The second-order valence-corrected chi connectivity index (χ2v) is 7.16. The Bertz CT molecular complexity index is 904. The number of aryl methyl sites for hydroxylation is 2. The van der Waals surface area contributed by atoms with E-state index in [4.69, 9.17) is 5.73 Å². The van der Waals surface area contributed by atoms with Gasteiger partial charge in [0.25, 0.3) is 5.91 Å². The van der Waals surface area contributed by atoms with E-state index < -0.39 is 15.9 Å². The summed E-state index contributed by atoms with van der Waals surface area (Å²) in [5.74, 6) is -0.692. The van der Waals surface area contributed by atoms with Crippen LogP contribution in [0.3, 0.4) is 0 Å². The maximum atomic E-state index is 12.2. The molecule has 4 N–H and O–H groups in total. The van der Waals surface area contributed by atoms with Crippen molar-refractivity contribution in [1.29, 1.82) is 0 Å². The SMILES string of the molecule is Cc1cccc(NC(=O)CCNS(=O)(=O)c2cc(C(N)=O)n(C)c2)n1. The molecule has 9 nitrogen and oxygen atoms in total. The van der Waals surface area contributed by atoms with Crippen LogP contribution in [0, 0.1) is 6.92 Å². The summed E-state index contributed by atoms with van der Waals surface area (Å²) in [6, 6.07) is 6.38. The van der Waals surface area contributed by atoms with Crippen LogP contribution < -0.4 is 15.8 Å². The van der Waals surface area contributed by atoms with Crippen LogP contribution in [0.2, 0.25) is 0 Å². The third-order valence-corrected chi connectivity index (χ3v) is 4.77. The average molecular weight is 365 g/mol. The van der Waals surface area contributed by atoms with Crippen molar-refractivity contribution in [3.63, 3.8) is 0 Å². The molecule has 0 aliphatic rings. The number of carbonyl (C=O) groups excluding carboxylic acids is 2. The normalized spacial score (nSPS) is 11.3. The number of nitrogens with zero attached hydrogens (tertiary/aromatic N) is 2. The molecular weight excluding hydrogens is 346 g/mol. The molecule has 0 radical (unpaired) electrons. The van der Waals surface area contributed by atoms with E-state index in [-0.39, 0.29) is 29.5 Å². The second-order valence-electron chi connectivity index (χ2n) is 5.40. The standard InChI is InChI=1S/C15H19N5O4S/c1-10-4-3-5-13(18-10)19-14(21)6-7-17-25(23,24)11-8-12(15(16)22)20(2)9-11/h3-5,8-9,17H,6-7H2,1-2H3,(H2,16,22)(H,18,19,21). The number of nitrogens with two attached hydrogens (primary N) is 1. The third kappa shape index (κ3) is 4.88. The number of carbonyl (C=O) groups is 2. The van der Waals surface area contributed by atoms with Gasteiger partial charge in [0.15, 0.2) is 0 Å². The van der Waals surface area contributed by atoms with Gasteiger partial charge in [0, 0.05) is 31.9 Å². The maximum absolute atomic E-state index is 12.2. The molecule has 25 heavy (non-hydrogen) atoms. The van der Waals surface area contributed by atoms with Gasteiger partial charge in [-0.15, -0.1) is 0 Å². The highest BCUT2D eigenvalue weighted by Crippen LogP contribution is 2.13. The first kappa shape index (κ1) is 18.6. The van der Waals surface area contributed by atoms with E-state index in [2.05, 4.69) is 15.0 Å². The average Bonchev–Trinajstić information content (AvgIpc) is 2.90. The summed E-state index contributed by atoms with van der Waals surface area (Å²) in [4.78, 5) is 27.1. The smallest absolute Gasteiger partial charge is 0.265 e. The summed E-state index contributed by atoms with van der Waals surface area (Å²) >= 11 is 0. The number of rotatable bonds is 7. The summed E-state index contributed by atoms with van der Waals surface area (Å²) in [7, 11) is -2.33. The molecule has 0 fully saturated rings. The molecule has 0 bridgehead atoms. The molecule has 0 saturated heterocycles. The van der Waals surface area contributed by atoms with Crippen LogP contribution in [0.1, 0.15) is 22.6 Å². The lowest BCUT2D eigenvalue weighted by Crippen LogP contribution is -2.27. The van der Waals surface area contributed by atoms with Crippen molar-refractivity contribution in [3.8, 4) is 0 Å². The lowest BCUT2D eigenvalue weighted by atomic mass is 10.3. The van der Waals surface area contributed by atoms with Crippen LogP contribution >= 0.6 is 0 Å². The summed E-state index contributed by atoms with van der Waals surface area (Å²) in [5, 5.41) is 2.59. The highest BCUT2D eigenvalue weighted by molar-refractivity contribution is 7.89. The van der Waals surface area contributed by atoms with E-state index in [1.807, 2.05) is 0 Å². The molecule has 0 aromatic carbocycles. The van der Waals surface area contributed by atoms with Gasteiger partial charge < -0.3 is 15.6 Å². The molecule has 0 spiro atoms. The molecular formula is C15H19N5O4S. The number of amides is 2. The van der Waals surface area contributed by atoms with Crippen LogP contribution in [0.5, 0.6) is 0 Å². The lowest BCUT2D eigenvalue weighted by Gasteiger charge is -2.06. The predicted molar refractivity (Wildman–Crippen MR) is 91.3 cm³/mol. The van der Waals surface area contributed by atoms with Crippen LogP contribution in [0.4, 0.5) is 5.82 Å². The zero-order valence-corrected chi connectivity index (χ0v) is 14.6. The number of sulfonamides is 1. The first-order valence-electron chi connectivity index (χ1n) is 7.38. The van der Waals surface area contributed by atoms with Crippen molar-refractivity contribution in [3.05, 3.63) is 41.9 Å². The topological polar surface area (TPSA) is 136 Å². The number of primary amides is 1. The molecule has 2 heterocycles. The summed E-state index contributed by atoms with van der Waals surface area (Å²) < 4.78 is 28.0. The van der Waals surface area contributed by atoms with E-state index in [9.17, 15) is 18.0 Å². The van der Waals surface area contributed by atoms with Crippen molar-refractivity contribution in [2.45, 2.75) is 18.2 Å². The molecule has 0 unspecified atom stereocenters. The first-order valence-corrected chi connectivity index (χ1v) is 8.87. The van der Waals surface area contributed by atoms with Gasteiger partial charge in [-0.25, -0.2) is 18.1 Å². The molecule has 0 aliphatic heterocycles. The Morgan fingerprint density at radius 2 is 2.04 bits per heavy atom. The molecule has 0 atom stereocenters. The largest absolute Gasteiger partial charge is 0.364 e. The van der Waals surface area contributed by atoms with E-state index in [0.717, 1.165) is 5.69 Å². The van der Waals surface area contributed by atoms with E-state index in [1.165, 1.54) is 23.9 Å². The molecule has 2 aromatic rings. The fourth-order valence-corrected chi connectivity index (χ4v) is 3.23. The lowest BCUT2D eigenvalue weighted by molar-refractivity contribution is -0.116. The van der Waals surface area contributed by atoms with Crippen molar-refractivity contribution in [2.24, 2.45) is 12.8 Å². The number of hydrogen-bond acceptors (Lipinski definition) is 5. The summed E-state index contributed by atoms with van der Waals surface area (Å²) in [6.45, 7) is 1.70. The van der Waals surface area contributed by atoms with Crippen LogP contribution in [-0.4, -0.2) is 36.3 Å². The van der Waals surface area contributed by atoms with Crippen LogP contribution in [-0.2, 0) is 21.9 Å². The number of anilines is 1. The van der Waals surface area contributed by atoms with Crippen molar-refractivity contribution >= 4 is 27.7 Å². The molecule has 2 amide bonds. The zero-order valence-electron chi connectivity index (χ0n) is 13.8. The number of hydrogen-bond donors (Lipinski definition) is 3. The van der Waals surface area contributed by atoms with Gasteiger partial charge in [0.2, 0.25) is 15.9 Å². The maximum Gasteiger partial charge on any atom is 0.265 e. The minimum atomic E-state index is -3.84. The first-order chi connectivity index (χ1) is 11.7. The van der Waals surface area contributed by atoms with Gasteiger partial charge in [0.05, 0.1) is 0 Å². The van der Waals surface area contributed by atoms with Gasteiger partial charge in [-0.05, 0) is 25.1 Å².